The Morgan fingerprint density at radius 2 is 2.10 bits per heavy atom. The van der Waals surface area contributed by atoms with E-state index in [0.717, 1.165) is 6.07 Å². The molecule has 0 heterocycles. The predicted octanol–water partition coefficient (Wildman–Crippen LogP) is 0.440. The van der Waals surface area contributed by atoms with E-state index in [4.69, 9.17) is 9.84 Å². The summed E-state index contributed by atoms with van der Waals surface area (Å²) in [6, 6.07) is 3.56. The number of hydrogen-bond acceptors (Lipinski definition) is 5. The molecule has 2 N–H and O–H groups in total. The highest BCUT2D eigenvalue weighted by Gasteiger charge is 2.21. The summed E-state index contributed by atoms with van der Waals surface area (Å²) in [7, 11) is -3.73. The van der Waals surface area contributed by atoms with E-state index in [2.05, 4.69) is 4.72 Å². The van der Waals surface area contributed by atoms with Crippen LogP contribution in [0.5, 0.6) is 5.75 Å². The van der Waals surface area contributed by atoms with Gasteiger partial charge < -0.3 is 9.84 Å². The second-order valence-corrected chi connectivity index (χ2v) is 7.60. The van der Waals surface area contributed by atoms with Gasteiger partial charge in [0, 0.05) is 28.9 Å². The van der Waals surface area contributed by atoms with Crippen molar-refractivity contribution in [3.8, 4) is 5.75 Å². The van der Waals surface area contributed by atoms with Crippen LogP contribution in [0.3, 0.4) is 0 Å². The minimum absolute atomic E-state index is 0.00321. The van der Waals surface area contributed by atoms with Crippen molar-refractivity contribution < 1.29 is 27.3 Å². The molecule has 0 amide bonds. The molecule has 9 heteroatoms. The molecule has 1 rings (SSSR count). The Kier molecular flexibility index (Phi) is 6.31. The maximum absolute atomic E-state index is 12.2. The van der Waals surface area contributed by atoms with E-state index in [1.54, 1.807) is 6.92 Å². The monoisotopic (exact) mass is 335 g/mol. The molecule has 0 aliphatic rings. The van der Waals surface area contributed by atoms with Crippen LogP contribution in [0.15, 0.2) is 23.1 Å². The Morgan fingerprint density at radius 3 is 2.62 bits per heavy atom. The third kappa shape index (κ3) is 4.80. The van der Waals surface area contributed by atoms with E-state index in [1.165, 1.54) is 19.2 Å². The fraction of sp³-hybridized carbons (Fsp3) is 0.417. The van der Waals surface area contributed by atoms with Gasteiger partial charge in [0.1, 0.15) is 10.6 Å². The van der Waals surface area contributed by atoms with Gasteiger partial charge in [-0.3, -0.25) is 4.21 Å². The van der Waals surface area contributed by atoms with Crippen molar-refractivity contribution >= 4 is 26.8 Å². The molecule has 0 aliphatic carbocycles. The maximum atomic E-state index is 12.2. The summed E-state index contributed by atoms with van der Waals surface area (Å²) >= 11 is 0. The van der Waals surface area contributed by atoms with E-state index in [-0.39, 0.29) is 28.5 Å². The molecule has 0 saturated heterocycles. The second-order valence-electron chi connectivity index (χ2n) is 4.00. The van der Waals surface area contributed by atoms with Crippen molar-refractivity contribution in [1.82, 2.24) is 4.72 Å². The van der Waals surface area contributed by atoms with Gasteiger partial charge in [0.2, 0.25) is 10.0 Å². The lowest BCUT2D eigenvalue weighted by Crippen LogP contribution is -2.28. The van der Waals surface area contributed by atoms with E-state index < -0.39 is 26.8 Å². The van der Waals surface area contributed by atoms with E-state index >= 15 is 0 Å². The Hall–Kier alpha value is -1.45. The van der Waals surface area contributed by atoms with Crippen LogP contribution < -0.4 is 9.46 Å². The zero-order valence-corrected chi connectivity index (χ0v) is 13.3. The molecule has 0 spiro atoms. The summed E-state index contributed by atoms with van der Waals surface area (Å²) in [5.74, 6) is -0.554. The second kappa shape index (κ2) is 7.53. The number of nitrogens with one attached hydrogen (secondary N) is 1. The molecule has 0 aromatic heterocycles. The zero-order chi connectivity index (χ0) is 16.0. The number of carboxylic acid groups (broad SMARTS) is 1. The van der Waals surface area contributed by atoms with Crippen LogP contribution in [0, 0.1) is 0 Å². The minimum Gasteiger partial charge on any atom is -0.495 e. The van der Waals surface area contributed by atoms with Crippen molar-refractivity contribution in [2.45, 2.75) is 11.8 Å². The number of hydrogen-bond donors (Lipinski definition) is 2. The van der Waals surface area contributed by atoms with E-state index in [1.807, 2.05) is 0 Å². The molecule has 1 atom stereocenters. The van der Waals surface area contributed by atoms with Gasteiger partial charge in [-0.2, -0.15) is 0 Å². The summed E-state index contributed by atoms with van der Waals surface area (Å²) in [5.41, 5.74) is -0.159. The van der Waals surface area contributed by atoms with Gasteiger partial charge in [0.25, 0.3) is 0 Å². The molecular formula is C12H17NO6S2. The third-order valence-electron chi connectivity index (χ3n) is 2.64. The van der Waals surface area contributed by atoms with Gasteiger partial charge in [-0.15, -0.1) is 0 Å². The van der Waals surface area contributed by atoms with Crippen LogP contribution in [0.2, 0.25) is 0 Å². The first kappa shape index (κ1) is 17.6. The third-order valence-corrected chi connectivity index (χ3v) is 5.43. The maximum Gasteiger partial charge on any atom is 0.335 e. The molecule has 0 bridgehead atoms. The summed E-state index contributed by atoms with van der Waals surface area (Å²) in [6.45, 7) is 1.74. The highest BCUT2D eigenvalue weighted by atomic mass is 32.2. The van der Waals surface area contributed by atoms with Crippen LogP contribution in [0.1, 0.15) is 17.3 Å². The number of benzene rings is 1. The number of sulfonamides is 1. The van der Waals surface area contributed by atoms with Crippen LogP contribution in [0.25, 0.3) is 0 Å². The number of aromatic carboxylic acids is 1. The van der Waals surface area contributed by atoms with Gasteiger partial charge in [-0.05, 0) is 18.2 Å². The Labute approximate surface area is 125 Å². The molecule has 0 aliphatic heterocycles. The quantitative estimate of drug-likeness (QED) is 0.713. The topological polar surface area (TPSA) is 110 Å². The van der Waals surface area contributed by atoms with Gasteiger partial charge in [-0.25, -0.2) is 17.9 Å². The van der Waals surface area contributed by atoms with Crippen molar-refractivity contribution in [3.63, 3.8) is 0 Å². The fourth-order valence-corrected chi connectivity index (χ4v) is 3.50. The van der Waals surface area contributed by atoms with Crippen molar-refractivity contribution in [2.75, 3.05) is 25.2 Å². The summed E-state index contributed by atoms with van der Waals surface area (Å²) in [6.07, 6.45) is 0. The summed E-state index contributed by atoms with van der Waals surface area (Å²) in [5, 5.41) is 8.92. The SMILES string of the molecule is CCS(=O)CCNS(=O)(=O)c1cc(C(=O)O)ccc1OC. The Balaban J connectivity index is 3.03. The normalized spacial score (nSPS) is 12.9. The van der Waals surface area contributed by atoms with E-state index in [0.29, 0.717) is 5.75 Å². The standard InChI is InChI=1S/C12H17NO6S2/c1-3-20(16)7-6-13-21(17,18)11-8-9(12(14)15)4-5-10(11)19-2/h4-5,8,13H,3,6-7H2,1-2H3,(H,14,15). The Morgan fingerprint density at radius 1 is 1.43 bits per heavy atom. The van der Waals surface area contributed by atoms with Crippen molar-refractivity contribution in [3.05, 3.63) is 23.8 Å². The number of carbonyl (C=O) groups is 1. The van der Waals surface area contributed by atoms with Crippen molar-refractivity contribution in [2.24, 2.45) is 0 Å². The minimum atomic E-state index is -3.94. The average molecular weight is 335 g/mol. The highest BCUT2D eigenvalue weighted by Crippen LogP contribution is 2.24. The molecule has 0 saturated carbocycles. The van der Waals surface area contributed by atoms with Gasteiger partial charge in [0.15, 0.2) is 0 Å². The van der Waals surface area contributed by atoms with Crippen LogP contribution in [-0.2, 0) is 20.8 Å². The molecule has 7 nitrogen and oxygen atoms in total. The number of carboxylic acids is 1. The highest BCUT2D eigenvalue weighted by molar-refractivity contribution is 7.89. The molecule has 1 aromatic rings. The lowest BCUT2D eigenvalue weighted by molar-refractivity contribution is 0.0696. The molecular weight excluding hydrogens is 318 g/mol. The molecule has 118 valence electrons. The molecule has 0 radical (unpaired) electrons. The lowest BCUT2D eigenvalue weighted by atomic mass is 10.2. The van der Waals surface area contributed by atoms with Gasteiger partial charge >= 0.3 is 5.97 Å². The van der Waals surface area contributed by atoms with Crippen LogP contribution >= 0.6 is 0 Å². The molecule has 0 fully saturated rings. The zero-order valence-electron chi connectivity index (χ0n) is 11.7. The summed E-state index contributed by atoms with van der Waals surface area (Å²) < 4.78 is 42.9. The van der Waals surface area contributed by atoms with Crippen LogP contribution in [0.4, 0.5) is 0 Å². The van der Waals surface area contributed by atoms with E-state index in [9.17, 15) is 17.4 Å². The number of methoxy groups -OCH3 is 1. The fourth-order valence-electron chi connectivity index (χ4n) is 1.53. The van der Waals surface area contributed by atoms with Gasteiger partial charge in [-0.1, -0.05) is 6.92 Å². The molecule has 1 aromatic carbocycles. The molecule has 21 heavy (non-hydrogen) atoms. The molecule has 1 unspecified atom stereocenters. The smallest absolute Gasteiger partial charge is 0.335 e. The Bertz CT molecular complexity index is 641. The lowest BCUT2D eigenvalue weighted by Gasteiger charge is -2.11. The first-order valence-electron chi connectivity index (χ1n) is 6.07. The first-order valence-corrected chi connectivity index (χ1v) is 9.05. The summed E-state index contributed by atoms with van der Waals surface area (Å²) in [4.78, 5) is 10.7. The van der Waals surface area contributed by atoms with Crippen LogP contribution in [-0.4, -0.2) is 48.9 Å². The van der Waals surface area contributed by atoms with Gasteiger partial charge in [0.05, 0.1) is 12.7 Å². The predicted molar refractivity (Wildman–Crippen MR) is 78.7 cm³/mol. The number of ether oxygens (including phenoxy) is 1. The largest absolute Gasteiger partial charge is 0.495 e. The van der Waals surface area contributed by atoms with Crippen molar-refractivity contribution in [1.29, 1.82) is 0 Å². The average Bonchev–Trinajstić information content (AvgIpc) is 2.45. The number of rotatable bonds is 8. The first-order chi connectivity index (χ1) is 9.81.